The molecule has 0 bridgehead atoms. The van der Waals surface area contributed by atoms with Gasteiger partial charge < -0.3 is 64.2 Å². The monoisotopic (exact) mass is 989 g/mol. The van der Waals surface area contributed by atoms with Crippen molar-refractivity contribution in [2.24, 2.45) is 0 Å². The van der Waals surface area contributed by atoms with E-state index in [-0.39, 0.29) is 19.6 Å². The van der Waals surface area contributed by atoms with Gasteiger partial charge in [0, 0.05) is 13.0 Å². The maximum Gasteiger partial charge on any atom is 0.306 e. The van der Waals surface area contributed by atoms with Crippen LogP contribution in [-0.4, -0.2) is 142 Å². The molecule has 11 unspecified atom stereocenters. The van der Waals surface area contributed by atoms with Gasteiger partial charge in [0.25, 0.3) is 0 Å². The molecule has 0 amide bonds. The van der Waals surface area contributed by atoms with Crippen LogP contribution in [0.15, 0.2) is 97.2 Å². The Morgan fingerprint density at radius 1 is 0.486 bits per heavy atom. The molecule has 0 aromatic heterocycles. The maximum atomic E-state index is 13.0. The van der Waals surface area contributed by atoms with Gasteiger partial charge >= 0.3 is 5.97 Å². The Hall–Kier alpha value is -3.09. The fraction of sp³-hybridized carbons (Fsp3) is 0.696. The van der Waals surface area contributed by atoms with E-state index in [9.17, 15) is 40.5 Å². The number of ether oxygens (including phenoxy) is 6. The lowest BCUT2D eigenvalue weighted by molar-refractivity contribution is -0.332. The molecule has 0 radical (unpaired) electrons. The van der Waals surface area contributed by atoms with Gasteiger partial charge in [0.15, 0.2) is 12.6 Å². The van der Waals surface area contributed by atoms with Crippen LogP contribution >= 0.6 is 0 Å². The van der Waals surface area contributed by atoms with Crippen LogP contribution < -0.4 is 0 Å². The topological polar surface area (TPSA) is 214 Å². The second-order valence-corrected chi connectivity index (χ2v) is 18.0. The first kappa shape index (κ1) is 63.0. The fourth-order valence-corrected chi connectivity index (χ4v) is 7.57. The largest absolute Gasteiger partial charge is 0.457 e. The molecule has 2 aliphatic rings. The standard InChI is InChI=1S/C56H92O14/c1-3-5-7-9-11-13-15-17-19-21-22-23-25-27-29-31-33-35-37-39-48(58)68-45(42-65-40-38-36-34-32-30-28-26-24-20-18-16-14-12-10-8-6-4-2)43-66-55-54(64)52(62)50(60)47(70-55)44-67-56-53(63)51(61)49(59)46(41-57)69-56/h5,7,11,13-14,16-17,19-20,22-24,27,29,33,35,45-47,49-57,59-64H,3-4,6,8-10,12,15,18,21,25-26,28,30-32,34,36-44H2,1-2H3/b7-5-,13-11-,16-14-,19-17-,23-22-,24-20-,29-27-,35-33-. The van der Waals surface area contributed by atoms with Crippen LogP contribution in [0, 0.1) is 0 Å². The van der Waals surface area contributed by atoms with Crippen LogP contribution in [0.5, 0.6) is 0 Å². The molecular formula is C56H92O14. The van der Waals surface area contributed by atoms with Crippen LogP contribution in [0.2, 0.25) is 0 Å². The SMILES string of the molecule is CC/C=C\C/C=C\C/C=C\C/C=C\C/C=C\C/C=C\CCC(=O)OC(COCCCCCCCC/C=C\C/C=C\CCCCCC)COC1OC(COC2OC(CO)C(O)C(O)C2O)C(O)C(O)C1O. The molecule has 0 spiro atoms. The molecule has 0 saturated carbocycles. The zero-order valence-electron chi connectivity index (χ0n) is 42.5. The van der Waals surface area contributed by atoms with E-state index in [4.69, 9.17) is 28.4 Å². The van der Waals surface area contributed by atoms with Gasteiger partial charge in [0.1, 0.15) is 54.9 Å². The summed E-state index contributed by atoms with van der Waals surface area (Å²) in [5.41, 5.74) is 0. The Kier molecular flexibility index (Phi) is 38.2. The van der Waals surface area contributed by atoms with Gasteiger partial charge in [-0.1, -0.05) is 156 Å². The normalized spacial score (nSPS) is 26.3. The molecule has 70 heavy (non-hydrogen) atoms. The van der Waals surface area contributed by atoms with Gasteiger partial charge in [-0.25, -0.2) is 0 Å². The van der Waals surface area contributed by atoms with Crippen molar-refractivity contribution in [2.45, 2.75) is 216 Å². The summed E-state index contributed by atoms with van der Waals surface area (Å²) in [6.07, 6.45) is 39.1. The summed E-state index contributed by atoms with van der Waals surface area (Å²) in [5.74, 6) is -0.466. The van der Waals surface area contributed by atoms with Crippen molar-refractivity contribution in [3.05, 3.63) is 97.2 Å². The van der Waals surface area contributed by atoms with Crippen LogP contribution in [-0.2, 0) is 33.2 Å². The molecule has 11 atom stereocenters. The molecule has 0 aromatic rings. The van der Waals surface area contributed by atoms with Crippen molar-refractivity contribution in [2.75, 3.05) is 33.0 Å². The zero-order chi connectivity index (χ0) is 50.9. The molecule has 2 saturated heterocycles. The Bertz CT molecular complexity index is 1520. The number of carbonyl (C=O) groups excluding carboxylic acids is 1. The van der Waals surface area contributed by atoms with Gasteiger partial charge in [0.2, 0.25) is 0 Å². The first-order chi connectivity index (χ1) is 34.1. The Morgan fingerprint density at radius 3 is 1.46 bits per heavy atom. The van der Waals surface area contributed by atoms with Crippen molar-refractivity contribution in [1.82, 2.24) is 0 Å². The van der Waals surface area contributed by atoms with Crippen molar-refractivity contribution < 1.29 is 69.0 Å². The lowest BCUT2D eigenvalue weighted by Gasteiger charge is -2.42. The lowest BCUT2D eigenvalue weighted by Crippen LogP contribution is -2.61. The molecule has 14 nitrogen and oxygen atoms in total. The number of aliphatic hydroxyl groups excluding tert-OH is 7. The average Bonchev–Trinajstić information content (AvgIpc) is 3.36. The summed E-state index contributed by atoms with van der Waals surface area (Å²) in [6, 6.07) is 0. The van der Waals surface area contributed by atoms with E-state index in [0.29, 0.717) is 13.0 Å². The van der Waals surface area contributed by atoms with Crippen LogP contribution in [0.25, 0.3) is 0 Å². The van der Waals surface area contributed by atoms with Crippen LogP contribution in [0.3, 0.4) is 0 Å². The summed E-state index contributed by atoms with van der Waals surface area (Å²) < 4.78 is 34.2. The van der Waals surface area contributed by atoms with E-state index in [0.717, 1.165) is 77.0 Å². The summed E-state index contributed by atoms with van der Waals surface area (Å²) in [5, 5.41) is 72.2. The fourth-order valence-electron chi connectivity index (χ4n) is 7.57. The Balaban J connectivity index is 1.81. The third kappa shape index (κ3) is 29.4. The highest BCUT2D eigenvalue weighted by atomic mass is 16.7. The minimum Gasteiger partial charge on any atom is -0.457 e. The third-order valence-electron chi connectivity index (χ3n) is 11.8. The highest BCUT2D eigenvalue weighted by Crippen LogP contribution is 2.26. The van der Waals surface area contributed by atoms with Crippen LogP contribution in [0.1, 0.15) is 149 Å². The number of hydrogen-bond donors (Lipinski definition) is 7. The molecule has 2 rings (SSSR count). The number of carbonyl (C=O) groups is 1. The summed E-state index contributed by atoms with van der Waals surface area (Å²) in [7, 11) is 0. The summed E-state index contributed by atoms with van der Waals surface area (Å²) in [4.78, 5) is 13.0. The number of rotatable bonds is 40. The predicted molar refractivity (Wildman–Crippen MR) is 274 cm³/mol. The van der Waals surface area contributed by atoms with Crippen molar-refractivity contribution in [1.29, 1.82) is 0 Å². The molecule has 0 aliphatic carbocycles. The Morgan fingerprint density at radius 2 is 0.929 bits per heavy atom. The first-order valence-electron chi connectivity index (χ1n) is 26.3. The zero-order valence-corrected chi connectivity index (χ0v) is 42.5. The summed E-state index contributed by atoms with van der Waals surface area (Å²) in [6.45, 7) is 3.41. The molecule has 0 aromatic carbocycles. The number of aliphatic hydroxyl groups is 7. The first-order valence-corrected chi connectivity index (χ1v) is 26.3. The number of esters is 1. The van der Waals surface area contributed by atoms with Crippen molar-refractivity contribution in [3.8, 4) is 0 Å². The van der Waals surface area contributed by atoms with Gasteiger partial charge in [-0.3, -0.25) is 4.79 Å². The smallest absolute Gasteiger partial charge is 0.306 e. The minimum atomic E-state index is -1.73. The van der Waals surface area contributed by atoms with Crippen molar-refractivity contribution >= 4 is 5.97 Å². The second-order valence-electron chi connectivity index (χ2n) is 18.0. The number of allylic oxidation sites excluding steroid dienone is 16. The molecular weight excluding hydrogens is 897 g/mol. The highest BCUT2D eigenvalue weighted by molar-refractivity contribution is 5.69. The maximum absolute atomic E-state index is 13.0. The second kappa shape index (κ2) is 42.4. The van der Waals surface area contributed by atoms with Gasteiger partial charge in [-0.2, -0.15) is 0 Å². The number of unbranched alkanes of at least 4 members (excludes halogenated alkanes) is 10. The minimum absolute atomic E-state index is 0.0175. The summed E-state index contributed by atoms with van der Waals surface area (Å²) >= 11 is 0. The molecule has 2 heterocycles. The van der Waals surface area contributed by atoms with Crippen LogP contribution in [0.4, 0.5) is 0 Å². The van der Waals surface area contributed by atoms with Crippen molar-refractivity contribution in [3.63, 3.8) is 0 Å². The Labute approximate surface area is 420 Å². The van der Waals surface area contributed by atoms with Gasteiger partial charge in [-0.15, -0.1) is 0 Å². The molecule has 400 valence electrons. The van der Waals surface area contributed by atoms with E-state index in [1.165, 1.54) is 44.9 Å². The van der Waals surface area contributed by atoms with E-state index in [1.54, 1.807) is 0 Å². The van der Waals surface area contributed by atoms with Gasteiger partial charge in [0.05, 0.1) is 26.4 Å². The molecule has 2 aliphatic heterocycles. The highest BCUT2D eigenvalue weighted by Gasteiger charge is 2.47. The van der Waals surface area contributed by atoms with E-state index in [1.807, 2.05) is 12.2 Å². The molecule has 14 heteroatoms. The lowest BCUT2D eigenvalue weighted by atomic mass is 9.98. The quantitative estimate of drug-likeness (QED) is 0.0175. The number of hydrogen-bond acceptors (Lipinski definition) is 14. The average molecular weight is 989 g/mol. The molecule has 7 N–H and O–H groups in total. The molecule has 2 fully saturated rings. The van der Waals surface area contributed by atoms with Gasteiger partial charge in [-0.05, 0) is 83.5 Å². The van der Waals surface area contributed by atoms with E-state index in [2.05, 4.69) is 98.9 Å². The van der Waals surface area contributed by atoms with E-state index >= 15 is 0 Å². The van der Waals surface area contributed by atoms with E-state index < -0.39 is 86.7 Å². The third-order valence-corrected chi connectivity index (χ3v) is 11.8. The predicted octanol–water partition coefficient (Wildman–Crippen LogP) is 8.24.